The molecular weight excluding hydrogens is 1390 g/mol. The molecule has 0 radical (unpaired) electrons. The molecule has 4 atom stereocenters. The lowest BCUT2D eigenvalue weighted by Gasteiger charge is -2.72. The van der Waals surface area contributed by atoms with Crippen molar-refractivity contribution in [1.82, 2.24) is 39.9 Å². The van der Waals surface area contributed by atoms with E-state index in [9.17, 15) is 59.1 Å². The third-order valence-electron chi connectivity index (χ3n) is 21.3. The first-order valence-corrected chi connectivity index (χ1v) is 40.3. The number of likely N-dealkylation sites (tertiary alicyclic amines) is 1. The van der Waals surface area contributed by atoms with Crippen molar-refractivity contribution in [2.45, 2.75) is 176 Å². The molecule has 3 aliphatic heterocycles. The zero-order valence-electron chi connectivity index (χ0n) is 59.4. The number of alkyl halides is 3. The molecular formula is C75H97F3N10O10S4. The normalized spacial score (nSPS) is 22.5. The summed E-state index contributed by atoms with van der Waals surface area (Å²) in [5.41, 5.74) is 2.99. The van der Waals surface area contributed by atoms with Gasteiger partial charge in [-0.05, 0) is 152 Å². The molecule has 20 nitrogen and oxygen atoms in total. The van der Waals surface area contributed by atoms with Gasteiger partial charge in [-0.15, -0.1) is 23.1 Å². The number of aryl methyl sites for hydroxylation is 1. The van der Waals surface area contributed by atoms with Crippen LogP contribution >= 0.6 is 23.1 Å². The summed E-state index contributed by atoms with van der Waals surface area (Å²) in [6, 6.07) is 23.2. The molecule has 0 spiro atoms. The smallest absolute Gasteiger partial charge is 0.391 e. The number of sulfonamides is 1. The van der Waals surface area contributed by atoms with E-state index in [4.69, 9.17) is 0 Å². The van der Waals surface area contributed by atoms with Gasteiger partial charge in [-0.1, -0.05) is 95.2 Å². The number of rotatable bonds is 27. The van der Waals surface area contributed by atoms with E-state index in [2.05, 4.69) is 56.4 Å². The minimum atomic E-state index is -6.18. The number of carbonyl (C=O) groups excluding carboxylic acids is 5. The van der Waals surface area contributed by atoms with Crippen molar-refractivity contribution in [3.8, 4) is 10.4 Å². The summed E-state index contributed by atoms with van der Waals surface area (Å²) in [4.78, 5) is 82.4. The van der Waals surface area contributed by atoms with Gasteiger partial charge in [0.05, 0.1) is 32.8 Å². The highest BCUT2D eigenvalue weighted by Gasteiger charge is 2.67. The summed E-state index contributed by atoms with van der Waals surface area (Å²) in [6.07, 6.45) is 7.81. The van der Waals surface area contributed by atoms with Crippen molar-refractivity contribution >= 4 is 83.9 Å². The number of aromatic nitrogens is 1. The van der Waals surface area contributed by atoms with E-state index in [1.165, 1.54) is 60.9 Å². The van der Waals surface area contributed by atoms with Crippen LogP contribution in [0.3, 0.4) is 0 Å². The van der Waals surface area contributed by atoms with Gasteiger partial charge in [0.25, 0.3) is 25.8 Å². The van der Waals surface area contributed by atoms with Crippen LogP contribution < -0.4 is 25.6 Å². The maximum atomic E-state index is 14.6. The van der Waals surface area contributed by atoms with Crippen molar-refractivity contribution in [2.75, 3.05) is 88.0 Å². The minimum absolute atomic E-state index is 0.0211. The summed E-state index contributed by atoms with van der Waals surface area (Å²) in [5, 5.41) is 19.5. The number of piperazine rings is 2. The van der Waals surface area contributed by atoms with Crippen molar-refractivity contribution in [1.29, 1.82) is 0 Å². The van der Waals surface area contributed by atoms with Gasteiger partial charge in [-0.3, -0.25) is 33.8 Å². The van der Waals surface area contributed by atoms with Crippen molar-refractivity contribution in [3.05, 3.63) is 131 Å². The fourth-order valence-corrected chi connectivity index (χ4v) is 19.6. The van der Waals surface area contributed by atoms with Crippen LogP contribution in [0.25, 0.3) is 10.4 Å². The molecule has 6 fully saturated rings. The number of thioether (sulfide) groups is 1. The van der Waals surface area contributed by atoms with E-state index in [-0.39, 0.29) is 49.6 Å². The van der Waals surface area contributed by atoms with E-state index in [0.29, 0.717) is 74.3 Å². The number of amides is 5. The fraction of sp³-hybridized carbons (Fsp3) is 0.547. The lowest BCUT2D eigenvalue weighted by molar-refractivity contribution is -0.167. The standard InChI is InChI=1S/C75H97F3N10O10S4/c1-50-66(100-49-80-50)52-19-17-51(18-20-52)42-79-69(93)62-39-57(89)44-88(62)70(94)67(71(2,3)4)82-64(90)15-11-12-16-65(91)87-37-31-84(32-38-87)30-28-55(45-99-58-13-9-8-10-14-58)81-61-26-25-59(40-63(61)101(95,96)75(76,77)78)102(97,98)83-68(92)53-21-23-56(24-22-53)86-35-33-85(34-36-86)43-54-27-29-72(5,6)41-60(54)74-46-73(7,47-74)48-74/h8-10,13-14,17-26,40,49,55,57,62,67,81,89H,11-12,15-16,27-39,41-48H2,1-7H3,(H,79,93)(H,82,90)(H,83,92)/t55-,57-,62+,67-,73?,74?/m1/s1. The van der Waals surface area contributed by atoms with Crippen LogP contribution in [-0.2, 0) is 45.6 Å². The molecule has 2 bridgehead atoms. The minimum Gasteiger partial charge on any atom is -0.391 e. The molecule has 3 saturated heterocycles. The van der Waals surface area contributed by atoms with Gasteiger partial charge in [0, 0.05) is 126 Å². The van der Waals surface area contributed by atoms with Crippen LogP contribution in [-0.4, -0.2) is 184 Å². The number of β-amino-alcohol motifs (C(OH)–C–C–N with tert-alkyl or cyclic N) is 1. The summed E-state index contributed by atoms with van der Waals surface area (Å²) in [7, 11) is -11.1. The largest absolute Gasteiger partial charge is 0.501 e. The Labute approximate surface area is 606 Å². The van der Waals surface area contributed by atoms with Gasteiger partial charge in [-0.25, -0.2) is 26.5 Å². The summed E-state index contributed by atoms with van der Waals surface area (Å²) in [5.74, 6) is -2.19. The molecule has 4 aliphatic carbocycles. The number of nitrogens with one attached hydrogen (secondary N) is 4. The van der Waals surface area contributed by atoms with Crippen molar-refractivity contribution < 1.29 is 59.1 Å². The molecule has 4 aromatic carbocycles. The highest BCUT2D eigenvalue weighted by atomic mass is 32.2. The van der Waals surface area contributed by atoms with Crippen LogP contribution in [0.5, 0.6) is 0 Å². The second kappa shape index (κ2) is 31.1. The van der Waals surface area contributed by atoms with Gasteiger partial charge < -0.3 is 35.8 Å². The van der Waals surface area contributed by atoms with Crippen LogP contribution in [0.15, 0.2) is 128 Å². The Morgan fingerprint density at radius 2 is 1.48 bits per heavy atom. The average Bonchev–Trinajstić information content (AvgIpc) is 0.711. The average molecular weight is 1480 g/mol. The van der Waals surface area contributed by atoms with E-state index in [0.717, 1.165) is 83.6 Å². The van der Waals surface area contributed by atoms with Crippen LogP contribution in [0, 0.1) is 28.6 Å². The number of thiazole rings is 1. The predicted octanol–water partition coefficient (Wildman–Crippen LogP) is 10.8. The molecule has 12 rings (SSSR count). The van der Waals surface area contributed by atoms with E-state index in [1.807, 2.05) is 87.0 Å². The second-order valence-corrected chi connectivity index (χ2v) is 36.6. The lowest BCUT2D eigenvalue weighted by atomic mass is 9.33. The van der Waals surface area contributed by atoms with Crippen LogP contribution in [0.1, 0.15) is 140 Å². The zero-order valence-corrected chi connectivity index (χ0v) is 62.6. The number of nitrogens with zero attached hydrogens (tertiary/aromatic N) is 6. The van der Waals surface area contributed by atoms with Gasteiger partial charge in [0.15, 0.2) is 0 Å². The molecule has 4 heterocycles. The van der Waals surface area contributed by atoms with Gasteiger partial charge in [-0.2, -0.15) is 13.2 Å². The zero-order chi connectivity index (χ0) is 73.2. The summed E-state index contributed by atoms with van der Waals surface area (Å²) >= 11 is 2.94. The number of benzene rings is 4. The Hall–Kier alpha value is -6.88. The Balaban J connectivity index is 0.649. The monoisotopic (exact) mass is 1480 g/mol. The molecule has 1 aromatic heterocycles. The Morgan fingerprint density at radius 1 is 0.814 bits per heavy atom. The maximum absolute atomic E-state index is 14.6. The molecule has 27 heteroatoms. The number of anilines is 2. The number of aliphatic hydroxyl groups excluding tert-OH is 1. The summed E-state index contributed by atoms with van der Waals surface area (Å²) < 4.78 is 100. The predicted molar refractivity (Wildman–Crippen MR) is 391 cm³/mol. The maximum Gasteiger partial charge on any atom is 0.501 e. The molecule has 7 aliphatic rings. The number of halogens is 3. The molecule has 0 unspecified atom stereocenters. The summed E-state index contributed by atoms with van der Waals surface area (Å²) in [6.45, 7) is 21.0. The van der Waals surface area contributed by atoms with Crippen molar-refractivity contribution in [3.63, 3.8) is 0 Å². The number of carbonyl (C=O) groups is 5. The van der Waals surface area contributed by atoms with Crippen molar-refractivity contribution in [2.24, 2.45) is 21.7 Å². The molecule has 552 valence electrons. The van der Waals surface area contributed by atoms with E-state index in [1.54, 1.807) is 45.0 Å². The third-order valence-corrected chi connectivity index (χ3v) is 26.3. The number of allylic oxidation sites excluding steroid dienone is 1. The molecule has 5 N–H and O–H groups in total. The first kappa shape index (κ1) is 76.3. The van der Waals surface area contributed by atoms with Gasteiger partial charge in [0.2, 0.25) is 23.6 Å². The van der Waals surface area contributed by atoms with Crippen LogP contribution in [0.4, 0.5) is 24.5 Å². The molecule has 5 amide bonds. The highest BCUT2D eigenvalue weighted by Crippen LogP contribution is 2.77. The second-order valence-electron chi connectivity index (χ2n) is 31.0. The molecule has 102 heavy (non-hydrogen) atoms. The molecule has 5 aromatic rings. The number of sulfone groups is 1. The molecule has 3 saturated carbocycles. The highest BCUT2D eigenvalue weighted by molar-refractivity contribution is 7.99. The number of hydrogen-bond donors (Lipinski definition) is 5. The van der Waals surface area contributed by atoms with E-state index < -0.39 is 94.1 Å². The SMILES string of the molecule is Cc1ncsc1-c1ccc(CNC(=O)[C@@H]2C[C@@H](O)CN2C(=O)[C@@H](NC(=O)CCCCC(=O)N2CCN(CC[C@H](CSc3ccccc3)Nc3ccc(S(=O)(=O)NC(=O)c4ccc(N5CCN(CC6=C(C78CC(C)(C7)C8)CC(C)(C)CC6)CC5)cc4)cc3S(=O)(=O)C(F)(F)F)CC2)C(C)(C)C)cc1. The number of aliphatic hydroxyl groups is 1. The topological polar surface area (TPSA) is 251 Å². The number of hydrogen-bond acceptors (Lipinski definition) is 17. The lowest BCUT2D eigenvalue weighted by Crippen LogP contribution is -2.61. The first-order valence-electron chi connectivity index (χ1n) is 35.5. The Morgan fingerprint density at radius 3 is 2.12 bits per heavy atom. The van der Waals surface area contributed by atoms with Gasteiger partial charge >= 0.3 is 5.51 Å². The first-order chi connectivity index (χ1) is 48.2. The quantitative estimate of drug-likeness (QED) is 0.0186. The fourth-order valence-electron chi connectivity index (χ4n) is 15.7. The van der Waals surface area contributed by atoms with Gasteiger partial charge in [0.1, 0.15) is 17.0 Å². The Kier molecular flexibility index (Phi) is 23.2. The van der Waals surface area contributed by atoms with E-state index >= 15 is 0 Å². The Bertz CT molecular complexity index is 4110. The third kappa shape index (κ3) is 18.1. The number of unbranched alkanes of at least 4 members (excludes halogenated alkanes) is 1. The van der Waals surface area contributed by atoms with Crippen LogP contribution in [0.2, 0.25) is 0 Å².